The van der Waals surface area contributed by atoms with Gasteiger partial charge in [-0.25, -0.2) is 0 Å². The summed E-state index contributed by atoms with van der Waals surface area (Å²) in [5.74, 6) is 1.05. The highest BCUT2D eigenvalue weighted by atomic mass is 32.2. The van der Waals surface area contributed by atoms with Crippen LogP contribution in [0.15, 0.2) is 24.3 Å². The summed E-state index contributed by atoms with van der Waals surface area (Å²) in [7, 11) is 0. The maximum atomic E-state index is 11.7. The van der Waals surface area contributed by atoms with E-state index in [-0.39, 0.29) is 11.3 Å². The average Bonchev–Trinajstić information content (AvgIpc) is 2.74. The summed E-state index contributed by atoms with van der Waals surface area (Å²) in [6, 6.07) is 7.83. The van der Waals surface area contributed by atoms with Gasteiger partial charge in [0.15, 0.2) is 0 Å². The molecule has 1 amide bonds. The molecule has 1 unspecified atom stereocenters. The fraction of sp³-hybridized carbons (Fsp3) is 0.364. The number of hydrogen-bond acceptors (Lipinski definition) is 3. The predicted octanol–water partition coefficient (Wildman–Crippen LogP) is 1.60. The van der Waals surface area contributed by atoms with E-state index in [0.29, 0.717) is 0 Å². The summed E-state index contributed by atoms with van der Waals surface area (Å²) in [4.78, 5) is 11.7. The zero-order valence-corrected chi connectivity index (χ0v) is 9.43. The van der Waals surface area contributed by atoms with Gasteiger partial charge in [-0.3, -0.25) is 10.1 Å². The van der Waals surface area contributed by atoms with Crippen LogP contribution in [0.4, 0.5) is 5.69 Å². The van der Waals surface area contributed by atoms with Crippen molar-refractivity contribution < 1.29 is 4.79 Å². The van der Waals surface area contributed by atoms with Crippen molar-refractivity contribution in [1.29, 1.82) is 0 Å². The van der Waals surface area contributed by atoms with Crippen LogP contribution in [0.3, 0.4) is 0 Å². The molecule has 2 rings (SSSR count). The van der Waals surface area contributed by atoms with Crippen LogP contribution in [0.25, 0.3) is 0 Å². The first-order chi connectivity index (χ1) is 7.25. The molecule has 1 fully saturated rings. The van der Waals surface area contributed by atoms with Gasteiger partial charge < -0.3 is 5.32 Å². The predicted molar refractivity (Wildman–Crippen MR) is 64.1 cm³/mol. The maximum absolute atomic E-state index is 11.7. The fourth-order valence-corrected chi connectivity index (χ4v) is 2.36. The molecule has 4 heteroatoms. The number of carbonyl (C=O) groups is 1. The molecule has 80 valence electrons. The molecule has 3 nitrogen and oxygen atoms in total. The molecule has 1 atom stereocenters. The van der Waals surface area contributed by atoms with Crippen molar-refractivity contribution in [3.63, 3.8) is 0 Å². The van der Waals surface area contributed by atoms with Crippen LogP contribution < -0.4 is 10.6 Å². The van der Waals surface area contributed by atoms with Gasteiger partial charge in [-0.2, -0.15) is 0 Å². The number of carbonyl (C=O) groups excluding carboxylic acids is 1. The molecular weight excluding hydrogens is 208 g/mol. The summed E-state index contributed by atoms with van der Waals surface area (Å²) in [6.45, 7) is 2.94. The van der Waals surface area contributed by atoms with Gasteiger partial charge in [0.1, 0.15) is 5.37 Å². The van der Waals surface area contributed by atoms with Crippen molar-refractivity contribution in [3.8, 4) is 0 Å². The minimum Gasteiger partial charge on any atom is -0.324 e. The molecule has 0 aliphatic carbocycles. The van der Waals surface area contributed by atoms with Gasteiger partial charge in [-0.15, -0.1) is 11.8 Å². The van der Waals surface area contributed by atoms with Gasteiger partial charge in [-0.05, 0) is 19.1 Å². The summed E-state index contributed by atoms with van der Waals surface area (Å²) >= 11 is 1.65. The SMILES string of the molecule is Cc1ccc(NC(=O)C2NCCS2)cc1. The highest BCUT2D eigenvalue weighted by molar-refractivity contribution is 8.00. The number of amides is 1. The van der Waals surface area contributed by atoms with E-state index in [1.165, 1.54) is 5.56 Å². The van der Waals surface area contributed by atoms with E-state index >= 15 is 0 Å². The van der Waals surface area contributed by atoms with Crippen LogP contribution in [0, 0.1) is 6.92 Å². The maximum Gasteiger partial charge on any atom is 0.251 e. The fourth-order valence-electron chi connectivity index (χ4n) is 1.44. The number of aryl methyl sites for hydroxylation is 1. The van der Waals surface area contributed by atoms with E-state index in [0.717, 1.165) is 18.0 Å². The van der Waals surface area contributed by atoms with Gasteiger partial charge >= 0.3 is 0 Å². The molecule has 1 saturated heterocycles. The molecule has 0 spiro atoms. The molecule has 1 heterocycles. The second-order valence-electron chi connectivity index (χ2n) is 3.56. The first kappa shape index (κ1) is 10.5. The Labute approximate surface area is 93.6 Å². The zero-order chi connectivity index (χ0) is 10.7. The third kappa shape index (κ3) is 2.73. The van der Waals surface area contributed by atoms with Crippen LogP contribution >= 0.6 is 11.8 Å². The number of anilines is 1. The zero-order valence-electron chi connectivity index (χ0n) is 8.62. The first-order valence-electron chi connectivity index (χ1n) is 4.98. The lowest BCUT2D eigenvalue weighted by atomic mass is 10.2. The standard InChI is InChI=1S/C11H14N2OS/c1-8-2-4-9(5-3-8)13-10(14)11-12-6-7-15-11/h2-5,11-12H,6-7H2,1H3,(H,13,14). The molecule has 0 saturated carbocycles. The van der Waals surface area contributed by atoms with E-state index in [1.54, 1.807) is 11.8 Å². The van der Waals surface area contributed by atoms with Crippen LogP contribution in [0.1, 0.15) is 5.56 Å². The van der Waals surface area contributed by atoms with Crippen molar-refractivity contribution in [3.05, 3.63) is 29.8 Å². The van der Waals surface area contributed by atoms with Crippen LogP contribution in [-0.4, -0.2) is 23.6 Å². The topological polar surface area (TPSA) is 41.1 Å². The van der Waals surface area contributed by atoms with Gasteiger partial charge in [0.25, 0.3) is 5.91 Å². The Morgan fingerprint density at radius 3 is 2.80 bits per heavy atom. The highest BCUT2D eigenvalue weighted by Gasteiger charge is 2.22. The van der Waals surface area contributed by atoms with E-state index in [9.17, 15) is 4.79 Å². The Balaban J connectivity index is 1.96. The molecule has 2 N–H and O–H groups in total. The van der Waals surface area contributed by atoms with Crippen molar-refractivity contribution in [2.45, 2.75) is 12.3 Å². The Kier molecular flexibility index (Phi) is 3.28. The van der Waals surface area contributed by atoms with Gasteiger partial charge in [0, 0.05) is 18.0 Å². The minimum atomic E-state index is -0.0914. The summed E-state index contributed by atoms with van der Waals surface area (Å²) in [6.07, 6.45) is 0. The number of hydrogen-bond donors (Lipinski definition) is 2. The first-order valence-corrected chi connectivity index (χ1v) is 6.03. The van der Waals surface area contributed by atoms with E-state index in [4.69, 9.17) is 0 Å². The summed E-state index contributed by atoms with van der Waals surface area (Å²) in [5.41, 5.74) is 2.06. The molecule has 15 heavy (non-hydrogen) atoms. The molecular formula is C11H14N2OS. The largest absolute Gasteiger partial charge is 0.324 e. The lowest BCUT2D eigenvalue weighted by molar-refractivity contribution is -0.116. The lowest BCUT2D eigenvalue weighted by Crippen LogP contribution is -2.33. The van der Waals surface area contributed by atoms with E-state index < -0.39 is 0 Å². The van der Waals surface area contributed by atoms with Gasteiger partial charge in [0.05, 0.1) is 0 Å². The quantitative estimate of drug-likeness (QED) is 0.798. The molecule has 0 aromatic heterocycles. The van der Waals surface area contributed by atoms with Gasteiger partial charge in [-0.1, -0.05) is 17.7 Å². The molecule has 1 aromatic carbocycles. The van der Waals surface area contributed by atoms with Crippen molar-refractivity contribution >= 4 is 23.4 Å². The Bertz CT molecular complexity index is 344. The van der Waals surface area contributed by atoms with E-state index in [2.05, 4.69) is 10.6 Å². The van der Waals surface area contributed by atoms with Crippen molar-refractivity contribution in [2.24, 2.45) is 0 Å². The van der Waals surface area contributed by atoms with Crippen LogP contribution in [-0.2, 0) is 4.79 Å². The van der Waals surface area contributed by atoms with Gasteiger partial charge in [0.2, 0.25) is 0 Å². The molecule has 0 radical (unpaired) electrons. The summed E-state index contributed by atoms with van der Waals surface area (Å²) in [5, 5.41) is 5.94. The Morgan fingerprint density at radius 1 is 1.47 bits per heavy atom. The number of thioether (sulfide) groups is 1. The van der Waals surface area contributed by atoms with Crippen molar-refractivity contribution in [1.82, 2.24) is 5.32 Å². The van der Waals surface area contributed by atoms with Crippen LogP contribution in [0.5, 0.6) is 0 Å². The smallest absolute Gasteiger partial charge is 0.251 e. The molecule has 0 bridgehead atoms. The minimum absolute atomic E-state index is 0.0429. The van der Waals surface area contributed by atoms with E-state index in [1.807, 2.05) is 31.2 Å². The average molecular weight is 222 g/mol. The third-order valence-corrected chi connectivity index (χ3v) is 3.43. The Hall–Kier alpha value is -1.00. The molecule has 1 aliphatic rings. The number of rotatable bonds is 2. The number of nitrogens with one attached hydrogen (secondary N) is 2. The third-order valence-electron chi connectivity index (χ3n) is 2.27. The number of benzene rings is 1. The van der Waals surface area contributed by atoms with Crippen LogP contribution in [0.2, 0.25) is 0 Å². The van der Waals surface area contributed by atoms with Crippen molar-refractivity contribution in [2.75, 3.05) is 17.6 Å². The molecule has 1 aromatic rings. The molecule has 1 aliphatic heterocycles. The summed E-state index contributed by atoms with van der Waals surface area (Å²) < 4.78 is 0. The second-order valence-corrected chi connectivity index (χ2v) is 4.77. The second kappa shape index (κ2) is 4.68. The highest BCUT2D eigenvalue weighted by Crippen LogP contribution is 2.16. The Morgan fingerprint density at radius 2 is 2.20 bits per heavy atom. The lowest BCUT2D eigenvalue weighted by Gasteiger charge is -2.10. The normalized spacial score (nSPS) is 20.2. The monoisotopic (exact) mass is 222 g/mol.